The average molecular weight is 556 g/mol. The summed E-state index contributed by atoms with van der Waals surface area (Å²) < 4.78 is 22.2. The minimum absolute atomic E-state index is 0.116. The summed E-state index contributed by atoms with van der Waals surface area (Å²) in [6, 6.07) is 9.18. The highest BCUT2D eigenvalue weighted by Gasteiger charge is 2.28. The Morgan fingerprint density at radius 2 is 2.10 bits per heavy atom. The van der Waals surface area contributed by atoms with E-state index in [0.717, 1.165) is 55.0 Å². The molecule has 8 nitrogen and oxygen atoms in total. The molecule has 2 aliphatic rings. The predicted molar refractivity (Wildman–Crippen MR) is 158 cm³/mol. The van der Waals surface area contributed by atoms with E-state index >= 15 is 0 Å². The van der Waals surface area contributed by atoms with Gasteiger partial charge in [0.25, 0.3) is 0 Å². The molecule has 0 bridgehead atoms. The Morgan fingerprint density at radius 3 is 2.90 bits per heavy atom. The van der Waals surface area contributed by atoms with E-state index < -0.39 is 5.82 Å². The molecule has 1 saturated heterocycles. The summed E-state index contributed by atoms with van der Waals surface area (Å²) in [4.78, 5) is 27.7. The van der Waals surface area contributed by atoms with Gasteiger partial charge in [-0.05, 0) is 48.1 Å². The van der Waals surface area contributed by atoms with Crippen molar-refractivity contribution in [3.05, 3.63) is 76.1 Å². The zero-order valence-corrected chi connectivity index (χ0v) is 23.2. The maximum atomic E-state index is 14.8. The van der Waals surface area contributed by atoms with E-state index in [1.54, 1.807) is 13.3 Å². The van der Waals surface area contributed by atoms with Gasteiger partial charge in [-0.25, -0.2) is 14.4 Å². The number of benzene rings is 1. The molecule has 0 saturated carbocycles. The largest absolute Gasteiger partial charge is 0.481 e. The van der Waals surface area contributed by atoms with Crippen LogP contribution in [0.15, 0.2) is 58.6 Å². The molecule has 204 valence electrons. The number of hydrogen-bond acceptors (Lipinski definition) is 8. The summed E-state index contributed by atoms with van der Waals surface area (Å²) in [6.45, 7) is 3.46. The Labute approximate surface area is 237 Å². The minimum Gasteiger partial charge on any atom is -0.481 e. The second-order valence-corrected chi connectivity index (χ2v) is 11.4. The molecule has 1 atom stereocenters. The molecule has 11 heteroatoms. The van der Waals surface area contributed by atoms with Crippen LogP contribution in [-0.2, 0) is 19.6 Å². The van der Waals surface area contributed by atoms with Gasteiger partial charge >= 0.3 is 0 Å². The van der Waals surface area contributed by atoms with E-state index in [1.807, 2.05) is 36.7 Å². The van der Waals surface area contributed by atoms with E-state index in [9.17, 15) is 9.18 Å². The first-order valence-corrected chi connectivity index (χ1v) is 14.4. The topological polar surface area (TPSA) is 89.5 Å². The third-order valence-electron chi connectivity index (χ3n) is 7.77. The monoisotopic (exact) mass is 556 g/mol. The van der Waals surface area contributed by atoms with Crippen LogP contribution < -0.4 is 26.3 Å². The number of pyridine rings is 3. The van der Waals surface area contributed by atoms with E-state index in [2.05, 4.69) is 24.3 Å². The molecule has 2 radical (unpaired) electrons. The number of thioether (sulfide) groups is 1. The number of nitrogens with zero attached hydrogens (tertiary/aromatic N) is 5. The van der Waals surface area contributed by atoms with Gasteiger partial charge in [0.15, 0.2) is 5.43 Å². The number of methoxy groups -OCH3 is 1. The SMILES string of the molecule is [B]c1c(F)cc2c(=O)c(CN(Cc3ccnc(OC)c3)C3CCCN(c4ccc(N)nc4)C3)cn3c2c1SCC3. The highest BCUT2D eigenvalue weighted by atomic mass is 32.2. The molecule has 1 fully saturated rings. The first kappa shape index (κ1) is 26.6. The fourth-order valence-corrected chi connectivity index (χ4v) is 6.86. The molecular weight excluding hydrogens is 526 g/mol. The van der Waals surface area contributed by atoms with E-state index in [1.165, 1.54) is 17.8 Å². The Hall–Kier alpha value is -3.57. The molecule has 2 aliphatic heterocycles. The zero-order valence-electron chi connectivity index (χ0n) is 22.3. The van der Waals surface area contributed by atoms with Crippen LogP contribution in [0.5, 0.6) is 5.88 Å². The molecular formula is C29H30BFN6O2S. The van der Waals surface area contributed by atoms with Crippen LogP contribution >= 0.6 is 11.8 Å². The lowest BCUT2D eigenvalue weighted by Gasteiger charge is -2.40. The van der Waals surface area contributed by atoms with Gasteiger partial charge in [-0.2, -0.15) is 0 Å². The van der Waals surface area contributed by atoms with E-state index in [4.69, 9.17) is 18.3 Å². The van der Waals surface area contributed by atoms with Gasteiger partial charge in [-0.3, -0.25) is 9.69 Å². The number of nitrogens with two attached hydrogens (primary N) is 1. The van der Waals surface area contributed by atoms with Crippen molar-refractivity contribution in [2.75, 3.05) is 36.6 Å². The van der Waals surface area contributed by atoms with Gasteiger partial charge in [-0.1, -0.05) is 0 Å². The van der Waals surface area contributed by atoms with Gasteiger partial charge in [0.1, 0.15) is 19.5 Å². The lowest BCUT2D eigenvalue weighted by molar-refractivity contribution is 0.158. The van der Waals surface area contributed by atoms with Gasteiger partial charge < -0.3 is 19.9 Å². The number of piperidine rings is 1. The number of aryl methyl sites for hydroxylation is 1. The van der Waals surface area contributed by atoms with Crippen LogP contribution in [0.3, 0.4) is 0 Å². The summed E-state index contributed by atoms with van der Waals surface area (Å²) in [5.41, 5.74) is 9.22. The zero-order chi connectivity index (χ0) is 27.8. The first-order chi connectivity index (χ1) is 19.4. The van der Waals surface area contributed by atoms with Crippen molar-refractivity contribution >= 4 is 47.5 Å². The molecule has 0 amide bonds. The second-order valence-electron chi connectivity index (χ2n) is 10.3. The van der Waals surface area contributed by atoms with Gasteiger partial charge in [-0.15, -0.1) is 11.8 Å². The third-order valence-corrected chi connectivity index (χ3v) is 8.86. The smallest absolute Gasteiger partial charge is 0.213 e. The molecule has 0 aliphatic carbocycles. The highest BCUT2D eigenvalue weighted by Crippen LogP contribution is 2.31. The highest BCUT2D eigenvalue weighted by molar-refractivity contribution is 7.99. The van der Waals surface area contributed by atoms with Crippen LogP contribution in [-0.4, -0.2) is 59.3 Å². The van der Waals surface area contributed by atoms with Crippen LogP contribution in [0.25, 0.3) is 10.9 Å². The lowest BCUT2D eigenvalue weighted by atomic mass is 9.93. The van der Waals surface area contributed by atoms with Crippen LogP contribution in [0, 0.1) is 5.82 Å². The number of nitrogen functional groups attached to an aromatic ring is 1. The minimum atomic E-state index is -0.543. The van der Waals surface area contributed by atoms with Crippen molar-refractivity contribution in [2.24, 2.45) is 0 Å². The van der Waals surface area contributed by atoms with E-state index in [0.29, 0.717) is 40.6 Å². The van der Waals surface area contributed by atoms with Gasteiger partial charge in [0.2, 0.25) is 5.88 Å². The fourth-order valence-electron chi connectivity index (χ4n) is 5.75. The normalized spacial score (nSPS) is 17.0. The molecule has 6 rings (SSSR count). The van der Waals surface area contributed by atoms with Crippen molar-refractivity contribution in [3.63, 3.8) is 0 Å². The van der Waals surface area contributed by atoms with Crippen molar-refractivity contribution < 1.29 is 9.13 Å². The quantitative estimate of drug-likeness (QED) is 0.348. The number of ether oxygens (including phenoxy) is 1. The standard InChI is InChI=1S/C29H30BFN6O2S/c1-39-25-11-18(6-7-33-25)14-37(21-3-2-8-35(17-21)20-4-5-24(32)34-13-20)16-19-15-36-9-10-40-29-26(30)23(31)12-22(27(29)36)28(19)38/h4-7,11-13,15,21H,2-3,8-10,14,16-17H2,1H3,(H2,32,34). The molecule has 1 unspecified atom stereocenters. The molecule has 3 aromatic heterocycles. The van der Waals surface area contributed by atoms with E-state index in [-0.39, 0.29) is 16.9 Å². The van der Waals surface area contributed by atoms with Crippen LogP contribution in [0.1, 0.15) is 24.0 Å². The number of aromatic nitrogens is 3. The second kappa shape index (κ2) is 11.1. The molecule has 1 aromatic carbocycles. The molecule has 5 heterocycles. The van der Waals surface area contributed by atoms with Crippen LogP contribution in [0.4, 0.5) is 15.9 Å². The number of anilines is 2. The molecule has 2 N–H and O–H groups in total. The average Bonchev–Trinajstić information content (AvgIpc) is 2.98. The summed E-state index contributed by atoms with van der Waals surface area (Å²) in [6.07, 6.45) is 7.47. The Bertz CT molecular complexity index is 1620. The lowest BCUT2D eigenvalue weighted by Crippen LogP contribution is -2.48. The Balaban J connectivity index is 1.38. The first-order valence-electron chi connectivity index (χ1n) is 13.4. The van der Waals surface area contributed by atoms with Gasteiger partial charge in [0.05, 0.1) is 24.5 Å². The third kappa shape index (κ3) is 5.15. The van der Waals surface area contributed by atoms with Gasteiger partial charge in [0, 0.05) is 78.8 Å². The Kier molecular flexibility index (Phi) is 7.42. The summed E-state index contributed by atoms with van der Waals surface area (Å²) in [5, 5.41) is 0.384. The van der Waals surface area contributed by atoms with Crippen molar-refractivity contribution in [1.29, 1.82) is 0 Å². The van der Waals surface area contributed by atoms with Crippen molar-refractivity contribution in [2.45, 2.75) is 43.4 Å². The maximum absolute atomic E-state index is 14.8. The summed E-state index contributed by atoms with van der Waals surface area (Å²) in [7, 11) is 7.66. The molecule has 4 aromatic rings. The fraction of sp³-hybridized carbons (Fsp3) is 0.345. The van der Waals surface area contributed by atoms with Crippen molar-refractivity contribution in [3.8, 4) is 5.88 Å². The number of rotatable bonds is 7. The van der Waals surface area contributed by atoms with Crippen LogP contribution in [0.2, 0.25) is 0 Å². The number of hydrogen-bond donors (Lipinski definition) is 1. The maximum Gasteiger partial charge on any atom is 0.213 e. The molecule has 40 heavy (non-hydrogen) atoms. The number of halogens is 1. The summed E-state index contributed by atoms with van der Waals surface area (Å²) >= 11 is 1.51. The predicted octanol–water partition coefficient (Wildman–Crippen LogP) is 3.09. The summed E-state index contributed by atoms with van der Waals surface area (Å²) in [5.74, 6) is 1.26. The Morgan fingerprint density at radius 1 is 1.23 bits per heavy atom. The van der Waals surface area contributed by atoms with Crippen molar-refractivity contribution in [1.82, 2.24) is 19.4 Å². The molecule has 0 spiro atoms.